The van der Waals surface area contributed by atoms with Crippen molar-refractivity contribution >= 4 is 27.3 Å². The first-order valence-electron chi connectivity index (χ1n) is 8.39. The van der Waals surface area contributed by atoms with Gasteiger partial charge in [0, 0.05) is 38.1 Å². The number of sulfonamides is 1. The van der Waals surface area contributed by atoms with E-state index in [0.29, 0.717) is 30.9 Å². The van der Waals surface area contributed by atoms with Gasteiger partial charge in [0.2, 0.25) is 16.0 Å². The second-order valence-corrected chi connectivity index (χ2v) is 9.45. The SMILES string of the molecule is CS(=O)(=O)N1CCC(Nc2ncc(C(F)(F)F)c(-c3cnc(CN)s3)n2)CC1. The van der Waals surface area contributed by atoms with Gasteiger partial charge in [-0.05, 0) is 12.8 Å². The molecule has 0 unspecified atom stereocenters. The second kappa shape index (κ2) is 7.89. The van der Waals surface area contributed by atoms with Crippen molar-refractivity contribution in [2.45, 2.75) is 31.6 Å². The Morgan fingerprint density at radius 3 is 2.50 bits per heavy atom. The van der Waals surface area contributed by atoms with E-state index in [1.54, 1.807) is 0 Å². The zero-order valence-corrected chi connectivity index (χ0v) is 16.5. The van der Waals surface area contributed by atoms with Crippen LogP contribution in [-0.4, -0.2) is 53.1 Å². The van der Waals surface area contributed by atoms with Crippen LogP contribution in [0.3, 0.4) is 0 Å². The number of anilines is 1. The van der Waals surface area contributed by atoms with Crippen LogP contribution in [0.2, 0.25) is 0 Å². The molecule has 13 heteroatoms. The molecule has 154 valence electrons. The number of nitrogens with zero attached hydrogens (tertiary/aromatic N) is 4. The smallest absolute Gasteiger partial charge is 0.351 e. The predicted molar refractivity (Wildman–Crippen MR) is 99.1 cm³/mol. The van der Waals surface area contributed by atoms with Crippen LogP contribution in [-0.2, 0) is 22.7 Å². The van der Waals surface area contributed by atoms with E-state index in [0.717, 1.165) is 23.8 Å². The Bertz CT molecular complexity index is 939. The third-order valence-electron chi connectivity index (χ3n) is 4.31. The predicted octanol–water partition coefficient (Wildman–Crippen LogP) is 1.91. The molecule has 1 saturated heterocycles. The van der Waals surface area contributed by atoms with Crippen LogP contribution in [0.4, 0.5) is 19.1 Å². The van der Waals surface area contributed by atoms with Crippen LogP contribution in [0, 0.1) is 0 Å². The molecular formula is C15H19F3N6O2S2. The van der Waals surface area contributed by atoms with Crippen LogP contribution in [0.15, 0.2) is 12.4 Å². The molecule has 0 bridgehead atoms. The highest BCUT2D eigenvalue weighted by Crippen LogP contribution is 2.38. The number of alkyl halides is 3. The van der Waals surface area contributed by atoms with Crippen LogP contribution in [0.25, 0.3) is 10.6 Å². The summed E-state index contributed by atoms with van der Waals surface area (Å²) >= 11 is 1.05. The highest BCUT2D eigenvalue weighted by atomic mass is 32.2. The molecule has 1 aliphatic heterocycles. The summed E-state index contributed by atoms with van der Waals surface area (Å²) in [6.45, 7) is 0.790. The summed E-state index contributed by atoms with van der Waals surface area (Å²) in [6, 6.07) is -0.136. The lowest BCUT2D eigenvalue weighted by molar-refractivity contribution is -0.137. The molecule has 3 heterocycles. The lowest BCUT2D eigenvalue weighted by Gasteiger charge is -2.30. The molecule has 0 aromatic carbocycles. The van der Waals surface area contributed by atoms with E-state index in [9.17, 15) is 21.6 Å². The summed E-state index contributed by atoms with van der Waals surface area (Å²) in [6.07, 6.45) is -0.384. The Balaban J connectivity index is 1.82. The van der Waals surface area contributed by atoms with Crippen molar-refractivity contribution in [1.29, 1.82) is 0 Å². The molecule has 3 N–H and O–H groups in total. The molecule has 0 radical (unpaired) electrons. The first-order valence-corrected chi connectivity index (χ1v) is 11.1. The van der Waals surface area contributed by atoms with E-state index in [-0.39, 0.29) is 29.1 Å². The molecular weight excluding hydrogens is 417 g/mol. The zero-order chi connectivity index (χ0) is 20.5. The summed E-state index contributed by atoms with van der Waals surface area (Å²) in [7, 11) is -3.25. The Hall–Kier alpha value is -1.83. The Morgan fingerprint density at radius 1 is 1.29 bits per heavy atom. The van der Waals surface area contributed by atoms with Crippen LogP contribution in [0.5, 0.6) is 0 Å². The lowest BCUT2D eigenvalue weighted by atomic mass is 10.1. The van der Waals surface area contributed by atoms with E-state index in [2.05, 4.69) is 20.3 Å². The highest BCUT2D eigenvalue weighted by Gasteiger charge is 2.36. The molecule has 1 aliphatic rings. The summed E-state index contributed by atoms with van der Waals surface area (Å²) in [4.78, 5) is 12.1. The average Bonchev–Trinajstić information content (AvgIpc) is 3.09. The Labute approximate surface area is 164 Å². The molecule has 0 atom stereocenters. The molecule has 1 fully saturated rings. The number of hydrogen-bond acceptors (Lipinski definition) is 8. The summed E-state index contributed by atoms with van der Waals surface area (Å²) in [5, 5.41) is 3.51. The quantitative estimate of drug-likeness (QED) is 0.736. The molecule has 8 nitrogen and oxygen atoms in total. The van der Waals surface area contributed by atoms with Crippen molar-refractivity contribution < 1.29 is 21.6 Å². The van der Waals surface area contributed by atoms with Gasteiger partial charge in [0.25, 0.3) is 0 Å². The topological polar surface area (TPSA) is 114 Å². The molecule has 0 amide bonds. The number of nitrogens with two attached hydrogens (primary N) is 1. The van der Waals surface area contributed by atoms with Gasteiger partial charge in [-0.15, -0.1) is 11.3 Å². The normalized spacial score (nSPS) is 17.0. The van der Waals surface area contributed by atoms with Gasteiger partial charge in [-0.1, -0.05) is 0 Å². The van der Waals surface area contributed by atoms with Gasteiger partial charge in [-0.3, -0.25) is 0 Å². The minimum absolute atomic E-state index is 0.0588. The number of halogens is 3. The second-order valence-electron chi connectivity index (χ2n) is 6.36. The van der Waals surface area contributed by atoms with Crippen molar-refractivity contribution in [1.82, 2.24) is 19.3 Å². The van der Waals surface area contributed by atoms with Gasteiger partial charge in [0.05, 0.1) is 16.8 Å². The Morgan fingerprint density at radius 2 is 1.96 bits per heavy atom. The van der Waals surface area contributed by atoms with Crippen LogP contribution in [0.1, 0.15) is 23.4 Å². The van der Waals surface area contributed by atoms with Crippen molar-refractivity contribution in [2.75, 3.05) is 24.7 Å². The zero-order valence-electron chi connectivity index (χ0n) is 14.9. The molecule has 3 rings (SSSR count). The van der Waals surface area contributed by atoms with Gasteiger partial charge >= 0.3 is 6.18 Å². The molecule has 2 aromatic rings. The first-order chi connectivity index (χ1) is 13.1. The lowest BCUT2D eigenvalue weighted by Crippen LogP contribution is -2.42. The van der Waals surface area contributed by atoms with Crippen molar-refractivity contribution in [2.24, 2.45) is 5.73 Å². The van der Waals surface area contributed by atoms with Crippen LogP contribution < -0.4 is 11.1 Å². The van der Waals surface area contributed by atoms with Crippen molar-refractivity contribution in [3.63, 3.8) is 0 Å². The first kappa shape index (κ1) is 20.9. The van der Waals surface area contributed by atoms with Gasteiger partial charge in [-0.25, -0.2) is 27.7 Å². The largest absolute Gasteiger partial charge is 0.420 e. The monoisotopic (exact) mass is 436 g/mol. The fraction of sp³-hybridized carbons (Fsp3) is 0.533. The van der Waals surface area contributed by atoms with Gasteiger partial charge < -0.3 is 11.1 Å². The van der Waals surface area contributed by atoms with Crippen molar-refractivity contribution in [3.05, 3.63) is 23.0 Å². The van der Waals surface area contributed by atoms with E-state index in [4.69, 9.17) is 5.73 Å². The fourth-order valence-electron chi connectivity index (χ4n) is 2.88. The maximum atomic E-state index is 13.4. The van der Waals surface area contributed by atoms with Gasteiger partial charge in [0.1, 0.15) is 10.6 Å². The molecule has 0 aliphatic carbocycles. The van der Waals surface area contributed by atoms with E-state index in [1.165, 1.54) is 10.5 Å². The van der Waals surface area contributed by atoms with Crippen molar-refractivity contribution in [3.8, 4) is 10.6 Å². The number of piperidine rings is 1. The number of aromatic nitrogens is 3. The van der Waals surface area contributed by atoms with E-state index in [1.807, 2.05) is 0 Å². The summed E-state index contributed by atoms with van der Waals surface area (Å²) in [5.41, 5.74) is 4.29. The average molecular weight is 436 g/mol. The molecule has 2 aromatic heterocycles. The molecule has 28 heavy (non-hydrogen) atoms. The minimum Gasteiger partial charge on any atom is -0.351 e. The van der Waals surface area contributed by atoms with E-state index >= 15 is 0 Å². The fourth-order valence-corrected chi connectivity index (χ4v) is 4.55. The van der Waals surface area contributed by atoms with Gasteiger partial charge in [0.15, 0.2) is 0 Å². The summed E-state index contributed by atoms with van der Waals surface area (Å²) < 4.78 is 64.6. The molecule has 0 spiro atoms. The number of hydrogen-bond donors (Lipinski definition) is 2. The van der Waals surface area contributed by atoms with E-state index < -0.39 is 21.8 Å². The maximum absolute atomic E-state index is 13.4. The number of nitrogens with one attached hydrogen (secondary N) is 1. The Kier molecular flexibility index (Phi) is 5.89. The summed E-state index contributed by atoms with van der Waals surface area (Å²) in [5.74, 6) is 0.0588. The molecule has 0 saturated carbocycles. The minimum atomic E-state index is -4.61. The van der Waals surface area contributed by atoms with Crippen LogP contribution >= 0.6 is 11.3 Å². The third-order valence-corrected chi connectivity index (χ3v) is 6.64. The van der Waals surface area contributed by atoms with Gasteiger partial charge in [-0.2, -0.15) is 13.2 Å². The highest BCUT2D eigenvalue weighted by molar-refractivity contribution is 7.88. The number of rotatable bonds is 5. The maximum Gasteiger partial charge on any atom is 0.420 e. The third kappa shape index (κ3) is 4.77. The standard InChI is InChI=1S/C15H19F3N6O2S2/c1-28(25,26)24-4-2-9(3-5-24)22-14-21-7-10(15(16,17)18)13(23-14)11-8-20-12(6-19)27-11/h7-9H,2-6,19H2,1H3,(H,21,22,23). The number of thiazole rings is 1.